The monoisotopic (exact) mass is 270 g/mol. The summed E-state index contributed by atoms with van der Waals surface area (Å²) in [6.45, 7) is 3.53. The van der Waals surface area contributed by atoms with Crippen molar-refractivity contribution in [1.29, 1.82) is 5.26 Å². The van der Waals surface area contributed by atoms with E-state index in [0.717, 1.165) is 17.3 Å². The van der Waals surface area contributed by atoms with Crippen LogP contribution in [0.1, 0.15) is 22.8 Å². The molecule has 0 aliphatic heterocycles. The summed E-state index contributed by atoms with van der Waals surface area (Å²) in [6, 6.07) is 3.31. The molecular formula is C12H12ClNO2S. The molecule has 0 spiro atoms. The molecule has 17 heavy (non-hydrogen) atoms. The van der Waals surface area contributed by atoms with Crippen LogP contribution >= 0.6 is 23.4 Å². The Morgan fingerprint density at radius 1 is 1.59 bits per heavy atom. The Morgan fingerprint density at radius 2 is 2.24 bits per heavy atom. The standard InChI is InChI=1S/C12H12ClNO2S/c1-7-4-9(10(13)5-11(7)16-3)12(15)8(2)17-6-14/h4-5,8H,1-3H3/i3+1. The number of hydrogen-bond donors (Lipinski definition) is 0. The number of nitrogens with zero attached hydrogens (tertiary/aromatic N) is 1. The predicted octanol–water partition coefficient (Wildman–Crippen LogP) is 3.44. The number of aryl methyl sites for hydroxylation is 1. The van der Waals surface area contributed by atoms with Crippen molar-refractivity contribution < 1.29 is 9.53 Å². The largest absolute Gasteiger partial charge is 0.496 e. The van der Waals surface area contributed by atoms with Gasteiger partial charge in [0, 0.05) is 5.56 Å². The first-order chi connectivity index (χ1) is 8.01. The molecular weight excluding hydrogens is 259 g/mol. The Bertz CT molecular complexity index is 482. The minimum atomic E-state index is -0.426. The Hall–Kier alpha value is -1.18. The molecule has 0 fully saturated rings. The number of benzene rings is 1. The summed E-state index contributed by atoms with van der Waals surface area (Å²) in [7, 11) is 1.55. The van der Waals surface area contributed by atoms with Crippen LogP contribution in [0.3, 0.4) is 0 Å². The summed E-state index contributed by atoms with van der Waals surface area (Å²) in [5, 5.41) is 10.4. The lowest BCUT2D eigenvalue weighted by Gasteiger charge is -2.11. The number of rotatable bonds is 4. The summed E-state index contributed by atoms with van der Waals surface area (Å²) in [4.78, 5) is 12.0. The zero-order valence-corrected chi connectivity index (χ0v) is 11.4. The molecule has 0 saturated carbocycles. The summed E-state index contributed by atoms with van der Waals surface area (Å²) in [6.07, 6.45) is 0. The van der Waals surface area contributed by atoms with Gasteiger partial charge in [-0.25, -0.2) is 0 Å². The van der Waals surface area contributed by atoms with Gasteiger partial charge in [0.1, 0.15) is 11.2 Å². The number of nitriles is 1. The van der Waals surface area contributed by atoms with Gasteiger partial charge in [-0.15, -0.1) is 0 Å². The van der Waals surface area contributed by atoms with Crippen LogP contribution in [0, 0.1) is 17.6 Å². The van der Waals surface area contributed by atoms with Gasteiger partial charge in [0.25, 0.3) is 0 Å². The molecule has 0 aliphatic rings. The molecule has 0 bridgehead atoms. The van der Waals surface area contributed by atoms with Crippen LogP contribution in [-0.4, -0.2) is 18.1 Å². The molecule has 0 aliphatic carbocycles. The average Bonchev–Trinajstić information content (AvgIpc) is 2.31. The highest BCUT2D eigenvalue weighted by Crippen LogP contribution is 2.29. The normalized spacial score (nSPS) is 11.7. The van der Waals surface area contributed by atoms with Gasteiger partial charge < -0.3 is 4.74 Å². The summed E-state index contributed by atoms with van der Waals surface area (Å²) in [5.41, 5.74) is 1.27. The third kappa shape index (κ3) is 3.15. The van der Waals surface area contributed by atoms with E-state index < -0.39 is 5.25 Å². The van der Waals surface area contributed by atoms with Crippen LogP contribution in [0.25, 0.3) is 0 Å². The number of methoxy groups -OCH3 is 1. The van der Waals surface area contributed by atoms with Crippen molar-refractivity contribution >= 4 is 29.1 Å². The van der Waals surface area contributed by atoms with E-state index in [2.05, 4.69) is 0 Å². The molecule has 0 radical (unpaired) electrons. The zero-order valence-electron chi connectivity index (χ0n) is 9.78. The number of halogens is 1. The second kappa shape index (κ2) is 5.95. The summed E-state index contributed by atoms with van der Waals surface area (Å²) >= 11 is 6.95. The van der Waals surface area contributed by atoms with Gasteiger partial charge in [0.05, 0.1) is 17.4 Å². The zero-order chi connectivity index (χ0) is 13.0. The molecule has 1 unspecified atom stereocenters. The van der Waals surface area contributed by atoms with Gasteiger partial charge in [-0.1, -0.05) is 11.6 Å². The maximum absolute atomic E-state index is 12.0. The Morgan fingerprint density at radius 3 is 2.76 bits per heavy atom. The van der Waals surface area contributed by atoms with E-state index in [1.165, 1.54) is 0 Å². The molecule has 3 nitrogen and oxygen atoms in total. The lowest BCUT2D eigenvalue weighted by atomic mass is 10.1. The number of hydrogen-bond acceptors (Lipinski definition) is 4. The van der Waals surface area contributed by atoms with Crippen LogP contribution in [0.5, 0.6) is 5.75 Å². The minimum Gasteiger partial charge on any atom is -0.496 e. The highest BCUT2D eigenvalue weighted by Gasteiger charge is 2.19. The van der Waals surface area contributed by atoms with Crippen molar-refractivity contribution in [1.82, 2.24) is 0 Å². The molecule has 0 saturated heterocycles. The lowest BCUT2D eigenvalue weighted by molar-refractivity contribution is 0.0994. The number of ketones is 1. The van der Waals surface area contributed by atoms with Crippen molar-refractivity contribution in [3.05, 3.63) is 28.3 Å². The van der Waals surface area contributed by atoms with E-state index in [9.17, 15) is 4.79 Å². The maximum Gasteiger partial charge on any atom is 0.178 e. The highest BCUT2D eigenvalue weighted by molar-refractivity contribution is 8.04. The number of thiocyanates is 1. The third-order valence-corrected chi connectivity index (χ3v) is 3.33. The molecule has 1 aromatic rings. The quantitative estimate of drug-likeness (QED) is 0.478. The second-order valence-corrected chi connectivity index (χ2v) is 5.05. The molecule has 5 heteroatoms. The molecule has 1 aromatic carbocycles. The van der Waals surface area contributed by atoms with Crippen LogP contribution in [-0.2, 0) is 0 Å². The SMILES string of the molecule is Cc1cc(C(=O)C(C)SC#N)c(Cl)cc1O[13CH3]. The van der Waals surface area contributed by atoms with Crippen molar-refractivity contribution in [3.63, 3.8) is 0 Å². The summed E-state index contributed by atoms with van der Waals surface area (Å²) in [5.74, 6) is 0.499. The number of ether oxygens (including phenoxy) is 1. The Balaban J connectivity index is 3.11. The van der Waals surface area contributed by atoms with Crippen LogP contribution in [0.2, 0.25) is 5.02 Å². The smallest absolute Gasteiger partial charge is 0.178 e. The Labute approximate surface area is 110 Å². The number of thioether (sulfide) groups is 1. The fourth-order valence-corrected chi connectivity index (χ4v) is 2.06. The molecule has 0 heterocycles. The molecule has 0 N–H and O–H groups in total. The minimum absolute atomic E-state index is 0.146. The summed E-state index contributed by atoms with van der Waals surface area (Å²) < 4.78 is 5.12. The molecule has 0 aromatic heterocycles. The van der Waals surface area contributed by atoms with E-state index in [1.54, 1.807) is 26.2 Å². The topological polar surface area (TPSA) is 50.1 Å². The van der Waals surface area contributed by atoms with E-state index in [0.29, 0.717) is 16.3 Å². The van der Waals surface area contributed by atoms with Gasteiger partial charge in [-0.05, 0) is 43.3 Å². The highest BCUT2D eigenvalue weighted by atomic mass is 35.5. The van der Waals surface area contributed by atoms with Gasteiger partial charge in [-0.2, -0.15) is 5.26 Å². The van der Waals surface area contributed by atoms with Crippen LogP contribution in [0.4, 0.5) is 0 Å². The van der Waals surface area contributed by atoms with Gasteiger partial charge >= 0.3 is 0 Å². The first-order valence-corrected chi connectivity index (χ1v) is 6.20. The first kappa shape index (κ1) is 13.9. The van der Waals surface area contributed by atoms with Crippen molar-refractivity contribution in [2.24, 2.45) is 0 Å². The van der Waals surface area contributed by atoms with E-state index >= 15 is 0 Å². The van der Waals surface area contributed by atoms with Crippen LogP contribution in [0.15, 0.2) is 12.1 Å². The fourth-order valence-electron chi connectivity index (χ4n) is 1.42. The number of carbonyl (C=O) groups excluding carboxylic acids is 1. The molecule has 0 amide bonds. The van der Waals surface area contributed by atoms with E-state index in [4.69, 9.17) is 21.6 Å². The first-order valence-electron chi connectivity index (χ1n) is 4.94. The number of carbonyl (C=O) groups is 1. The van der Waals surface area contributed by atoms with Gasteiger partial charge in [-0.3, -0.25) is 4.79 Å². The average molecular weight is 271 g/mol. The third-order valence-electron chi connectivity index (χ3n) is 2.35. The molecule has 1 rings (SSSR count). The van der Waals surface area contributed by atoms with Crippen molar-refractivity contribution in [2.45, 2.75) is 19.1 Å². The van der Waals surface area contributed by atoms with E-state index in [-0.39, 0.29) is 5.78 Å². The molecule has 1 atom stereocenters. The molecule has 90 valence electrons. The van der Waals surface area contributed by atoms with Gasteiger partial charge in [0.15, 0.2) is 5.78 Å². The van der Waals surface area contributed by atoms with Crippen molar-refractivity contribution in [2.75, 3.05) is 7.11 Å². The number of Topliss-reactive ketones (excluding diaryl/α,β-unsaturated/α-hetero) is 1. The van der Waals surface area contributed by atoms with Gasteiger partial charge in [0.2, 0.25) is 0 Å². The lowest BCUT2D eigenvalue weighted by Crippen LogP contribution is -2.13. The van der Waals surface area contributed by atoms with Crippen molar-refractivity contribution in [3.8, 4) is 11.2 Å². The Kier molecular flexibility index (Phi) is 4.86. The van der Waals surface area contributed by atoms with E-state index in [1.807, 2.05) is 12.3 Å². The second-order valence-electron chi connectivity index (χ2n) is 3.52. The predicted molar refractivity (Wildman–Crippen MR) is 69.7 cm³/mol. The maximum atomic E-state index is 12.0. The fraction of sp³-hybridized carbons (Fsp3) is 0.333. The van der Waals surface area contributed by atoms with Crippen LogP contribution < -0.4 is 4.74 Å².